The molecule has 0 bridgehead atoms. The average Bonchev–Trinajstić information content (AvgIpc) is 3.11. The molecule has 0 spiro atoms. The molecule has 1 atom stereocenters. The minimum atomic E-state index is -0.268. The summed E-state index contributed by atoms with van der Waals surface area (Å²) in [7, 11) is 5.52. The van der Waals surface area contributed by atoms with Crippen molar-refractivity contribution >= 4 is 11.9 Å². The van der Waals surface area contributed by atoms with Crippen molar-refractivity contribution in [1.82, 2.24) is 20.4 Å². The van der Waals surface area contributed by atoms with Crippen LogP contribution in [0.4, 0.5) is 0 Å². The third-order valence-corrected chi connectivity index (χ3v) is 6.24. The van der Waals surface area contributed by atoms with Crippen molar-refractivity contribution in [2.24, 2.45) is 16.3 Å². The van der Waals surface area contributed by atoms with Crippen molar-refractivity contribution in [1.29, 1.82) is 0 Å². The molecular formula is C20H39N5O. The Labute approximate surface area is 159 Å². The molecule has 0 radical (unpaired) electrons. The van der Waals surface area contributed by atoms with Gasteiger partial charge in [0.25, 0.3) is 0 Å². The van der Waals surface area contributed by atoms with Crippen LogP contribution in [0.3, 0.4) is 0 Å². The number of hydrogen-bond acceptors (Lipinski definition) is 3. The monoisotopic (exact) mass is 365 g/mol. The lowest BCUT2D eigenvalue weighted by Gasteiger charge is -2.35. The third kappa shape index (κ3) is 5.35. The van der Waals surface area contributed by atoms with Crippen LogP contribution in [-0.4, -0.2) is 75.0 Å². The van der Waals surface area contributed by atoms with E-state index < -0.39 is 0 Å². The second-order valence-corrected chi connectivity index (χ2v) is 8.56. The first kappa shape index (κ1) is 21.0. The highest BCUT2D eigenvalue weighted by Crippen LogP contribution is 2.38. The van der Waals surface area contributed by atoms with Crippen LogP contribution in [0.5, 0.6) is 0 Å². The van der Waals surface area contributed by atoms with Crippen molar-refractivity contribution < 1.29 is 4.79 Å². The Hall–Kier alpha value is -1.30. The molecule has 2 rings (SSSR count). The quantitative estimate of drug-likeness (QED) is 0.558. The SMILES string of the molecule is CN=C(NCC(C)N1CCC(C)CC1)NCC1(C(=O)N(C)C)CCCC1. The third-order valence-electron chi connectivity index (χ3n) is 6.24. The van der Waals surface area contributed by atoms with Gasteiger partial charge in [-0.05, 0) is 51.6 Å². The van der Waals surface area contributed by atoms with E-state index in [1.54, 1.807) is 11.9 Å². The van der Waals surface area contributed by atoms with Gasteiger partial charge in [0, 0.05) is 40.3 Å². The van der Waals surface area contributed by atoms with E-state index in [2.05, 4.69) is 34.4 Å². The summed E-state index contributed by atoms with van der Waals surface area (Å²) in [5.41, 5.74) is -0.268. The molecule has 150 valence electrons. The summed E-state index contributed by atoms with van der Waals surface area (Å²) in [6.45, 7) is 8.55. The molecule has 1 heterocycles. The van der Waals surface area contributed by atoms with Crippen molar-refractivity contribution in [3.8, 4) is 0 Å². The largest absolute Gasteiger partial charge is 0.355 e. The summed E-state index contributed by atoms with van der Waals surface area (Å²) < 4.78 is 0. The van der Waals surface area contributed by atoms with E-state index in [-0.39, 0.29) is 11.3 Å². The van der Waals surface area contributed by atoms with E-state index in [4.69, 9.17) is 0 Å². The maximum absolute atomic E-state index is 12.7. The molecule has 6 heteroatoms. The summed E-state index contributed by atoms with van der Waals surface area (Å²) in [6.07, 6.45) is 6.81. The Morgan fingerprint density at radius 1 is 1.23 bits per heavy atom. The molecule has 1 aliphatic heterocycles. The number of nitrogens with one attached hydrogen (secondary N) is 2. The predicted octanol–water partition coefficient (Wildman–Crippen LogP) is 1.92. The lowest BCUT2D eigenvalue weighted by atomic mass is 9.84. The number of carbonyl (C=O) groups is 1. The first-order valence-electron chi connectivity index (χ1n) is 10.3. The van der Waals surface area contributed by atoms with Crippen molar-refractivity contribution in [3.63, 3.8) is 0 Å². The molecule has 1 amide bonds. The molecule has 0 aromatic heterocycles. The van der Waals surface area contributed by atoms with Crippen LogP contribution in [0.2, 0.25) is 0 Å². The smallest absolute Gasteiger partial charge is 0.230 e. The molecule has 1 saturated heterocycles. The van der Waals surface area contributed by atoms with Gasteiger partial charge in [-0.3, -0.25) is 14.7 Å². The highest BCUT2D eigenvalue weighted by atomic mass is 16.2. The van der Waals surface area contributed by atoms with Crippen LogP contribution in [-0.2, 0) is 4.79 Å². The van der Waals surface area contributed by atoms with Gasteiger partial charge in [0.15, 0.2) is 5.96 Å². The fourth-order valence-electron chi connectivity index (χ4n) is 4.31. The van der Waals surface area contributed by atoms with E-state index >= 15 is 0 Å². The fourth-order valence-corrected chi connectivity index (χ4v) is 4.31. The summed E-state index contributed by atoms with van der Waals surface area (Å²) >= 11 is 0. The molecule has 2 N–H and O–H groups in total. The standard InChI is InChI=1S/C20H39N5O/c1-16-8-12-25(13-9-16)17(2)14-22-19(21-3)23-15-20(10-6-7-11-20)18(26)24(4)5/h16-17H,6-15H2,1-5H3,(H2,21,22,23). The zero-order valence-corrected chi connectivity index (χ0v) is 17.5. The van der Waals surface area contributed by atoms with Gasteiger partial charge in [0.2, 0.25) is 5.91 Å². The Balaban J connectivity index is 1.82. The van der Waals surface area contributed by atoms with E-state index in [9.17, 15) is 4.79 Å². The number of rotatable bonds is 6. The van der Waals surface area contributed by atoms with Crippen LogP contribution in [0.25, 0.3) is 0 Å². The Morgan fingerprint density at radius 2 is 1.85 bits per heavy atom. The molecule has 6 nitrogen and oxygen atoms in total. The number of carbonyl (C=O) groups excluding carboxylic acids is 1. The van der Waals surface area contributed by atoms with Gasteiger partial charge in [-0.1, -0.05) is 19.8 Å². The van der Waals surface area contributed by atoms with E-state index in [1.165, 1.54) is 25.9 Å². The van der Waals surface area contributed by atoms with E-state index in [1.807, 2.05) is 14.1 Å². The normalized spacial score (nSPS) is 22.9. The number of guanidine groups is 1. The zero-order chi connectivity index (χ0) is 19.2. The number of hydrogen-bond donors (Lipinski definition) is 2. The van der Waals surface area contributed by atoms with Crippen LogP contribution in [0.1, 0.15) is 52.4 Å². The van der Waals surface area contributed by atoms with Crippen molar-refractivity contribution in [3.05, 3.63) is 0 Å². The van der Waals surface area contributed by atoms with Crippen LogP contribution in [0, 0.1) is 11.3 Å². The van der Waals surface area contributed by atoms with Gasteiger partial charge in [-0.25, -0.2) is 0 Å². The Kier molecular flexibility index (Phi) is 7.74. The summed E-state index contributed by atoms with van der Waals surface area (Å²) in [6, 6.07) is 0.491. The van der Waals surface area contributed by atoms with Gasteiger partial charge >= 0.3 is 0 Å². The van der Waals surface area contributed by atoms with Gasteiger partial charge in [-0.15, -0.1) is 0 Å². The molecule has 26 heavy (non-hydrogen) atoms. The summed E-state index contributed by atoms with van der Waals surface area (Å²) in [4.78, 5) is 21.4. The van der Waals surface area contributed by atoms with Crippen LogP contribution < -0.4 is 10.6 Å². The molecule has 2 fully saturated rings. The molecule has 1 aliphatic carbocycles. The first-order valence-corrected chi connectivity index (χ1v) is 10.3. The maximum Gasteiger partial charge on any atom is 0.230 e. The minimum Gasteiger partial charge on any atom is -0.355 e. The Bertz CT molecular complexity index is 477. The minimum absolute atomic E-state index is 0.244. The van der Waals surface area contributed by atoms with Crippen LogP contribution in [0.15, 0.2) is 4.99 Å². The van der Waals surface area contributed by atoms with E-state index in [0.717, 1.165) is 44.1 Å². The molecule has 0 aromatic carbocycles. The molecule has 1 unspecified atom stereocenters. The molecule has 2 aliphatic rings. The number of piperidine rings is 1. The number of amides is 1. The highest BCUT2D eigenvalue weighted by molar-refractivity contribution is 5.85. The topological polar surface area (TPSA) is 60.0 Å². The predicted molar refractivity (Wildman–Crippen MR) is 108 cm³/mol. The average molecular weight is 366 g/mol. The highest BCUT2D eigenvalue weighted by Gasteiger charge is 2.42. The first-order chi connectivity index (χ1) is 12.4. The zero-order valence-electron chi connectivity index (χ0n) is 17.5. The Morgan fingerprint density at radius 3 is 2.38 bits per heavy atom. The van der Waals surface area contributed by atoms with E-state index in [0.29, 0.717) is 12.6 Å². The number of likely N-dealkylation sites (tertiary alicyclic amines) is 1. The number of nitrogens with zero attached hydrogens (tertiary/aromatic N) is 3. The lowest BCUT2D eigenvalue weighted by Crippen LogP contribution is -2.51. The second kappa shape index (κ2) is 9.58. The second-order valence-electron chi connectivity index (χ2n) is 8.56. The lowest BCUT2D eigenvalue weighted by molar-refractivity contribution is -0.138. The molecule has 0 aromatic rings. The van der Waals surface area contributed by atoms with Crippen LogP contribution >= 0.6 is 0 Å². The van der Waals surface area contributed by atoms with Crippen molar-refractivity contribution in [2.45, 2.75) is 58.4 Å². The van der Waals surface area contributed by atoms with Gasteiger partial charge in [0.1, 0.15) is 0 Å². The summed E-state index contributed by atoms with van der Waals surface area (Å²) in [5.74, 6) is 1.91. The summed E-state index contributed by atoms with van der Waals surface area (Å²) in [5, 5.41) is 6.89. The van der Waals surface area contributed by atoms with Gasteiger partial charge in [0.05, 0.1) is 5.41 Å². The molecule has 1 saturated carbocycles. The van der Waals surface area contributed by atoms with Crippen molar-refractivity contribution in [2.75, 3.05) is 47.3 Å². The van der Waals surface area contributed by atoms with Gasteiger partial charge < -0.3 is 15.5 Å². The van der Waals surface area contributed by atoms with Gasteiger partial charge in [-0.2, -0.15) is 0 Å². The number of aliphatic imine (C=N–C) groups is 1. The molecular weight excluding hydrogens is 326 g/mol. The maximum atomic E-state index is 12.7. The fraction of sp³-hybridized carbons (Fsp3) is 0.900.